The predicted octanol–water partition coefficient (Wildman–Crippen LogP) is 2.07. The average molecular weight is 400 g/mol. The van der Waals surface area contributed by atoms with Gasteiger partial charge in [0.05, 0.1) is 12.8 Å². The molecule has 0 heterocycles. The van der Waals surface area contributed by atoms with E-state index in [0.29, 0.717) is 17.2 Å². The molecule has 2 aromatic rings. The van der Waals surface area contributed by atoms with Gasteiger partial charge >= 0.3 is 5.97 Å². The minimum atomic E-state index is -1.05. The zero-order chi connectivity index (χ0) is 21.2. The molecular weight excluding hydrogens is 376 g/mol. The molecule has 0 spiro atoms. The summed E-state index contributed by atoms with van der Waals surface area (Å²) in [6.45, 7) is 2.71. The molecule has 0 bridgehead atoms. The lowest BCUT2D eigenvalue weighted by atomic mass is 10.2. The summed E-state index contributed by atoms with van der Waals surface area (Å²) in [6.07, 6.45) is -1.05. The van der Waals surface area contributed by atoms with Crippen molar-refractivity contribution in [1.82, 2.24) is 5.32 Å². The highest BCUT2D eigenvalue weighted by molar-refractivity contribution is 5.96. The monoisotopic (exact) mass is 400 g/mol. The van der Waals surface area contributed by atoms with Crippen LogP contribution in [0.15, 0.2) is 48.5 Å². The third-order valence-electron chi connectivity index (χ3n) is 3.83. The van der Waals surface area contributed by atoms with E-state index in [9.17, 15) is 14.4 Å². The summed E-state index contributed by atoms with van der Waals surface area (Å²) in [4.78, 5) is 35.9. The number of amides is 2. The second-order valence-corrected chi connectivity index (χ2v) is 6.20. The third-order valence-corrected chi connectivity index (χ3v) is 3.83. The van der Waals surface area contributed by atoms with Crippen LogP contribution in [0.4, 0.5) is 5.69 Å². The Morgan fingerprint density at radius 1 is 1.07 bits per heavy atom. The number of anilines is 1. The van der Waals surface area contributed by atoms with Crippen LogP contribution < -0.4 is 20.1 Å². The summed E-state index contributed by atoms with van der Waals surface area (Å²) in [7, 11) is 1.49. The molecular formula is C21H24N2O6. The highest BCUT2D eigenvalue weighted by atomic mass is 16.5. The van der Waals surface area contributed by atoms with E-state index in [1.54, 1.807) is 36.4 Å². The van der Waals surface area contributed by atoms with Gasteiger partial charge < -0.3 is 24.8 Å². The molecule has 8 nitrogen and oxygen atoms in total. The Hall–Kier alpha value is -3.55. The molecule has 2 amide bonds. The molecule has 0 fully saturated rings. The number of benzene rings is 2. The molecule has 29 heavy (non-hydrogen) atoms. The van der Waals surface area contributed by atoms with Crippen molar-refractivity contribution < 1.29 is 28.6 Å². The van der Waals surface area contributed by atoms with Crippen LogP contribution in [0.3, 0.4) is 0 Å². The van der Waals surface area contributed by atoms with E-state index in [1.807, 2.05) is 19.1 Å². The fourth-order valence-corrected chi connectivity index (χ4v) is 2.33. The standard InChI is InChI=1S/C21H24N2O6/c1-14-9-10-18(27-3)17(11-14)23-21(26)15(2)29-20(25)12-22-19(24)13-28-16-7-5-4-6-8-16/h4-11,15H,12-13H2,1-3H3,(H,22,24)(H,23,26). The first-order valence-corrected chi connectivity index (χ1v) is 8.98. The number of aryl methyl sites for hydroxylation is 1. The summed E-state index contributed by atoms with van der Waals surface area (Å²) in [6, 6.07) is 14.1. The smallest absolute Gasteiger partial charge is 0.326 e. The summed E-state index contributed by atoms with van der Waals surface area (Å²) >= 11 is 0. The van der Waals surface area contributed by atoms with Crippen LogP contribution in [0.1, 0.15) is 12.5 Å². The SMILES string of the molecule is COc1ccc(C)cc1NC(=O)C(C)OC(=O)CNC(=O)COc1ccccc1. The van der Waals surface area contributed by atoms with Crippen LogP contribution in [0.25, 0.3) is 0 Å². The molecule has 1 atom stereocenters. The van der Waals surface area contributed by atoms with Crippen molar-refractivity contribution in [3.63, 3.8) is 0 Å². The number of hydrogen-bond donors (Lipinski definition) is 2. The molecule has 1 unspecified atom stereocenters. The fourth-order valence-electron chi connectivity index (χ4n) is 2.33. The Balaban J connectivity index is 1.75. The Kier molecular flexibility index (Phi) is 8.02. The number of methoxy groups -OCH3 is 1. The van der Waals surface area contributed by atoms with Crippen molar-refractivity contribution >= 4 is 23.5 Å². The lowest BCUT2D eigenvalue weighted by Gasteiger charge is -2.16. The van der Waals surface area contributed by atoms with Gasteiger partial charge in [0.25, 0.3) is 11.8 Å². The van der Waals surface area contributed by atoms with Crippen LogP contribution in [-0.2, 0) is 19.1 Å². The van der Waals surface area contributed by atoms with E-state index in [-0.39, 0.29) is 13.2 Å². The van der Waals surface area contributed by atoms with Crippen molar-refractivity contribution in [2.24, 2.45) is 0 Å². The lowest BCUT2D eigenvalue weighted by molar-refractivity contribution is -0.152. The van der Waals surface area contributed by atoms with Gasteiger partial charge in [-0.15, -0.1) is 0 Å². The Morgan fingerprint density at radius 3 is 2.48 bits per heavy atom. The van der Waals surface area contributed by atoms with Crippen molar-refractivity contribution in [3.05, 3.63) is 54.1 Å². The normalized spacial score (nSPS) is 11.1. The van der Waals surface area contributed by atoms with E-state index >= 15 is 0 Å². The summed E-state index contributed by atoms with van der Waals surface area (Å²) in [5.74, 6) is -0.694. The largest absolute Gasteiger partial charge is 0.495 e. The first-order valence-electron chi connectivity index (χ1n) is 8.98. The van der Waals surface area contributed by atoms with E-state index in [1.165, 1.54) is 14.0 Å². The highest BCUT2D eigenvalue weighted by Crippen LogP contribution is 2.25. The lowest BCUT2D eigenvalue weighted by Crippen LogP contribution is -2.37. The topological polar surface area (TPSA) is 103 Å². The molecule has 2 aromatic carbocycles. The van der Waals surface area contributed by atoms with Crippen molar-refractivity contribution in [2.45, 2.75) is 20.0 Å². The quantitative estimate of drug-likeness (QED) is 0.625. The molecule has 8 heteroatoms. The molecule has 154 valence electrons. The Morgan fingerprint density at radius 2 is 1.79 bits per heavy atom. The number of carbonyl (C=O) groups excluding carboxylic acids is 3. The van der Waals surface area contributed by atoms with E-state index in [0.717, 1.165) is 5.56 Å². The van der Waals surface area contributed by atoms with Gasteiger partial charge in [0.15, 0.2) is 12.7 Å². The molecule has 0 saturated heterocycles. The zero-order valence-electron chi connectivity index (χ0n) is 16.6. The number of ether oxygens (including phenoxy) is 3. The first kappa shape index (κ1) is 21.7. The maximum absolute atomic E-state index is 12.3. The number of nitrogens with one attached hydrogen (secondary N) is 2. The molecule has 0 aromatic heterocycles. The van der Waals surface area contributed by atoms with Crippen LogP contribution in [-0.4, -0.2) is 44.1 Å². The maximum atomic E-state index is 12.3. The van der Waals surface area contributed by atoms with Gasteiger partial charge in [-0.3, -0.25) is 14.4 Å². The molecule has 0 radical (unpaired) electrons. The van der Waals surface area contributed by atoms with Gasteiger partial charge in [-0.05, 0) is 43.7 Å². The molecule has 0 saturated carbocycles. The number of para-hydroxylation sites is 1. The second-order valence-electron chi connectivity index (χ2n) is 6.20. The van der Waals surface area contributed by atoms with E-state index in [2.05, 4.69) is 10.6 Å². The second kappa shape index (κ2) is 10.7. The molecule has 2 rings (SSSR count). The number of esters is 1. The van der Waals surface area contributed by atoms with Crippen LogP contribution >= 0.6 is 0 Å². The van der Waals surface area contributed by atoms with Gasteiger partial charge in [-0.1, -0.05) is 24.3 Å². The van der Waals surface area contributed by atoms with Gasteiger partial charge in [-0.2, -0.15) is 0 Å². The number of carbonyl (C=O) groups is 3. The summed E-state index contributed by atoms with van der Waals surface area (Å²) in [5, 5.41) is 5.04. The van der Waals surface area contributed by atoms with Crippen LogP contribution in [0.2, 0.25) is 0 Å². The summed E-state index contributed by atoms with van der Waals surface area (Å²) < 4.78 is 15.5. The van der Waals surface area contributed by atoms with Crippen LogP contribution in [0, 0.1) is 6.92 Å². The summed E-state index contributed by atoms with van der Waals surface area (Å²) in [5.41, 5.74) is 1.41. The molecule has 2 N–H and O–H groups in total. The third kappa shape index (κ3) is 7.17. The molecule has 0 aliphatic carbocycles. The molecule has 0 aliphatic rings. The molecule has 0 aliphatic heterocycles. The van der Waals surface area contributed by atoms with Gasteiger partial charge in [0.1, 0.15) is 18.0 Å². The van der Waals surface area contributed by atoms with Gasteiger partial charge in [-0.25, -0.2) is 0 Å². The average Bonchev–Trinajstić information content (AvgIpc) is 2.71. The Bertz CT molecular complexity index is 854. The van der Waals surface area contributed by atoms with Crippen molar-refractivity contribution in [1.29, 1.82) is 0 Å². The van der Waals surface area contributed by atoms with Crippen molar-refractivity contribution in [3.8, 4) is 11.5 Å². The van der Waals surface area contributed by atoms with E-state index in [4.69, 9.17) is 14.2 Å². The van der Waals surface area contributed by atoms with Gasteiger partial charge in [0.2, 0.25) is 0 Å². The van der Waals surface area contributed by atoms with Crippen molar-refractivity contribution in [2.75, 3.05) is 25.6 Å². The zero-order valence-corrected chi connectivity index (χ0v) is 16.6. The Labute approximate surface area is 169 Å². The highest BCUT2D eigenvalue weighted by Gasteiger charge is 2.19. The number of hydrogen-bond acceptors (Lipinski definition) is 6. The minimum Gasteiger partial charge on any atom is -0.495 e. The minimum absolute atomic E-state index is 0.236. The van der Waals surface area contributed by atoms with Crippen LogP contribution in [0.5, 0.6) is 11.5 Å². The first-order chi connectivity index (χ1) is 13.9. The van der Waals surface area contributed by atoms with E-state index < -0.39 is 23.9 Å². The van der Waals surface area contributed by atoms with Gasteiger partial charge in [0, 0.05) is 0 Å². The number of rotatable bonds is 9. The predicted molar refractivity (Wildman–Crippen MR) is 107 cm³/mol. The fraction of sp³-hybridized carbons (Fsp3) is 0.286. The maximum Gasteiger partial charge on any atom is 0.326 e.